The summed E-state index contributed by atoms with van der Waals surface area (Å²) in [6.07, 6.45) is -3.05. The molecular formula is C17H16F3N5O2S. The van der Waals surface area contributed by atoms with Gasteiger partial charge in [-0.1, -0.05) is 4.49 Å². The SMILES string of the molecule is FC(F)(F)Oc1ccc(-c2cnc(C3COCCN3Cc3csnn3)[nH]2)cc1. The Morgan fingerprint density at radius 2 is 2.11 bits per heavy atom. The van der Waals surface area contributed by atoms with Gasteiger partial charge in [0, 0.05) is 18.5 Å². The number of imidazole rings is 1. The average molecular weight is 411 g/mol. The van der Waals surface area contributed by atoms with Crippen molar-refractivity contribution in [3.63, 3.8) is 0 Å². The van der Waals surface area contributed by atoms with Crippen LogP contribution in [0.25, 0.3) is 11.3 Å². The molecule has 148 valence electrons. The molecule has 1 saturated heterocycles. The van der Waals surface area contributed by atoms with Crippen molar-refractivity contribution in [2.75, 3.05) is 19.8 Å². The summed E-state index contributed by atoms with van der Waals surface area (Å²) >= 11 is 1.31. The number of halogens is 3. The molecule has 4 rings (SSSR count). The fraction of sp³-hybridized carbons (Fsp3) is 0.353. The molecule has 1 aliphatic heterocycles. The highest BCUT2D eigenvalue weighted by Crippen LogP contribution is 2.28. The minimum atomic E-state index is -4.71. The first-order valence-corrected chi connectivity index (χ1v) is 9.30. The Morgan fingerprint density at radius 1 is 1.29 bits per heavy atom. The lowest BCUT2D eigenvalue weighted by atomic mass is 10.1. The molecule has 11 heteroatoms. The number of hydrogen-bond acceptors (Lipinski definition) is 7. The van der Waals surface area contributed by atoms with Crippen molar-refractivity contribution in [2.45, 2.75) is 18.9 Å². The lowest BCUT2D eigenvalue weighted by Gasteiger charge is -2.33. The van der Waals surface area contributed by atoms with Gasteiger partial charge < -0.3 is 14.5 Å². The molecule has 3 heterocycles. The molecule has 3 aromatic rings. The molecular weight excluding hydrogens is 395 g/mol. The van der Waals surface area contributed by atoms with Gasteiger partial charge >= 0.3 is 6.36 Å². The van der Waals surface area contributed by atoms with E-state index in [-0.39, 0.29) is 11.8 Å². The van der Waals surface area contributed by atoms with Crippen LogP contribution in [0.15, 0.2) is 35.8 Å². The highest BCUT2D eigenvalue weighted by molar-refractivity contribution is 7.03. The van der Waals surface area contributed by atoms with E-state index in [1.165, 1.54) is 23.7 Å². The zero-order valence-electron chi connectivity index (χ0n) is 14.5. The van der Waals surface area contributed by atoms with Crippen LogP contribution in [0.2, 0.25) is 0 Å². The van der Waals surface area contributed by atoms with E-state index in [4.69, 9.17) is 4.74 Å². The second-order valence-electron chi connectivity index (χ2n) is 6.21. The second-order valence-corrected chi connectivity index (χ2v) is 6.82. The van der Waals surface area contributed by atoms with E-state index >= 15 is 0 Å². The van der Waals surface area contributed by atoms with Crippen molar-refractivity contribution in [1.29, 1.82) is 0 Å². The second kappa shape index (κ2) is 7.86. The van der Waals surface area contributed by atoms with Crippen LogP contribution in [0.5, 0.6) is 5.75 Å². The van der Waals surface area contributed by atoms with Gasteiger partial charge in [0.1, 0.15) is 11.6 Å². The maximum atomic E-state index is 12.3. The Balaban J connectivity index is 1.49. The smallest absolute Gasteiger partial charge is 0.406 e. The first kappa shape index (κ1) is 18.8. The van der Waals surface area contributed by atoms with Crippen molar-refractivity contribution >= 4 is 11.5 Å². The molecule has 2 aromatic heterocycles. The van der Waals surface area contributed by atoms with Crippen molar-refractivity contribution in [3.05, 3.63) is 47.4 Å². The summed E-state index contributed by atoms with van der Waals surface area (Å²) in [5.74, 6) is 0.466. The van der Waals surface area contributed by atoms with Crippen LogP contribution < -0.4 is 4.74 Å². The van der Waals surface area contributed by atoms with Gasteiger partial charge in [0.15, 0.2) is 0 Å². The highest BCUT2D eigenvalue weighted by Gasteiger charge is 2.31. The number of aromatic amines is 1. The molecule has 1 aliphatic rings. The Labute approximate surface area is 162 Å². The van der Waals surface area contributed by atoms with Crippen LogP contribution in [0, 0.1) is 0 Å². The van der Waals surface area contributed by atoms with Crippen molar-refractivity contribution < 1.29 is 22.6 Å². The Kier molecular flexibility index (Phi) is 5.29. The molecule has 28 heavy (non-hydrogen) atoms. The van der Waals surface area contributed by atoms with Crippen molar-refractivity contribution in [1.82, 2.24) is 24.5 Å². The molecule has 0 spiro atoms. The first-order chi connectivity index (χ1) is 13.5. The summed E-state index contributed by atoms with van der Waals surface area (Å²) in [6, 6.07) is 5.57. The topological polar surface area (TPSA) is 76.2 Å². The summed E-state index contributed by atoms with van der Waals surface area (Å²) < 4.78 is 50.2. The molecule has 0 saturated carbocycles. The van der Waals surface area contributed by atoms with E-state index in [2.05, 4.69) is 29.2 Å². The van der Waals surface area contributed by atoms with Crippen LogP contribution in [-0.4, -0.2) is 50.6 Å². The number of rotatable bonds is 5. The van der Waals surface area contributed by atoms with Crippen LogP contribution in [-0.2, 0) is 11.3 Å². The maximum Gasteiger partial charge on any atom is 0.573 e. The van der Waals surface area contributed by atoms with Gasteiger partial charge in [0.2, 0.25) is 0 Å². The lowest BCUT2D eigenvalue weighted by molar-refractivity contribution is -0.274. The van der Waals surface area contributed by atoms with E-state index in [1.807, 2.05) is 5.38 Å². The van der Waals surface area contributed by atoms with Crippen molar-refractivity contribution in [2.24, 2.45) is 0 Å². The lowest BCUT2D eigenvalue weighted by Crippen LogP contribution is -2.39. The van der Waals surface area contributed by atoms with Gasteiger partial charge in [-0.05, 0) is 41.4 Å². The minimum absolute atomic E-state index is 0.0722. The van der Waals surface area contributed by atoms with E-state index in [9.17, 15) is 13.2 Å². The number of alkyl halides is 3. The van der Waals surface area contributed by atoms with Crippen molar-refractivity contribution in [3.8, 4) is 17.0 Å². The number of ether oxygens (including phenoxy) is 2. The Hall–Kier alpha value is -2.50. The van der Waals surface area contributed by atoms with Gasteiger partial charge in [0.25, 0.3) is 0 Å². The molecule has 0 aliphatic carbocycles. The molecule has 0 bridgehead atoms. The quantitative estimate of drug-likeness (QED) is 0.694. The standard InChI is InChI=1S/C17H16F3N5O2S/c18-17(19,20)27-13-3-1-11(2-4-13)14-7-21-16(22-14)15-9-26-6-5-25(15)8-12-10-28-24-23-12/h1-4,7,10,15H,5-6,8-9H2,(H,21,22). The number of H-pyrrole nitrogens is 1. The predicted octanol–water partition coefficient (Wildman–Crippen LogP) is 3.40. The van der Waals surface area contributed by atoms with E-state index in [0.29, 0.717) is 31.0 Å². The normalized spacial score (nSPS) is 18.3. The maximum absolute atomic E-state index is 12.3. The number of morpholine rings is 1. The molecule has 1 unspecified atom stereocenters. The molecule has 1 aromatic carbocycles. The van der Waals surface area contributed by atoms with Crippen LogP contribution in [0.1, 0.15) is 17.6 Å². The summed E-state index contributed by atoms with van der Waals surface area (Å²) in [5.41, 5.74) is 2.30. The minimum Gasteiger partial charge on any atom is -0.406 e. The molecule has 0 radical (unpaired) electrons. The monoisotopic (exact) mass is 411 g/mol. The third kappa shape index (κ3) is 4.49. The fourth-order valence-electron chi connectivity index (χ4n) is 3.03. The third-order valence-electron chi connectivity index (χ3n) is 4.32. The van der Waals surface area contributed by atoms with Crippen LogP contribution in [0.3, 0.4) is 0 Å². The largest absolute Gasteiger partial charge is 0.573 e. The predicted molar refractivity (Wildman–Crippen MR) is 94.6 cm³/mol. The summed E-state index contributed by atoms with van der Waals surface area (Å²) in [6.45, 7) is 2.50. The number of aromatic nitrogens is 4. The Morgan fingerprint density at radius 3 is 2.82 bits per heavy atom. The summed E-state index contributed by atoms with van der Waals surface area (Å²) in [4.78, 5) is 9.91. The van der Waals surface area contributed by atoms with Gasteiger partial charge in [-0.3, -0.25) is 4.90 Å². The van der Waals surface area contributed by atoms with Gasteiger partial charge in [0.05, 0.1) is 36.8 Å². The highest BCUT2D eigenvalue weighted by atomic mass is 32.1. The van der Waals surface area contributed by atoms with Crippen LogP contribution >= 0.6 is 11.5 Å². The number of nitrogens with one attached hydrogen (secondary N) is 1. The van der Waals surface area contributed by atoms with E-state index < -0.39 is 6.36 Å². The number of benzene rings is 1. The molecule has 0 amide bonds. The summed E-state index contributed by atoms with van der Waals surface area (Å²) in [5, 5.41) is 6.00. The zero-order valence-corrected chi connectivity index (χ0v) is 15.3. The first-order valence-electron chi connectivity index (χ1n) is 8.47. The zero-order chi connectivity index (χ0) is 19.6. The third-order valence-corrected chi connectivity index (χ3v) is 4.87. The summed E-state index contributed by atoms with van der Waals surface area (Å²) in [7, 11) is 0. The molecule has 1 atom stereocenters. The van der Waals surface area contributed by atoms with Crippen LogP contribution in [0.4, 0.5) is 13.2 Å². The molecule has 1 N–H and O–H groups in total. The average Bonchev–Trinajstić information content (AvgIpc) is 3.34. The van der Waals surface area contributed by atoms with Gasteiger partial charge in [-0.15, -0.1) is 18.3 Å². The molecule has 7 nitrogen and oxygen atoms in total. The Bertz CT molecular complexity index is 898. The van der Waals surface area contributed by atoms with E-state index in [0.717, 1.165) is 18.1 Å². The fourth-order valence-corrected chi connectivity index (χ4v) is 3.47. The molecule has 1 fully saturated rings. The number of hydrogen-bond donors (Lipinski definition) is 1. The van der Waals surface area contributed by atoms with Gasteiger partial charge in [-0.25, -0.2) is 4.98 Å². The van der Waals surface area contributed by atoms with Gasteiger partial charge in [-0.2, -0.15) is 0 Å². The van der Waals surface area contributed by atoms with E-state index in [1.54, 1.807) is 18.3 Å². The number of nitrogens with zero attached hydrogens (tertiary/aromatic N) is 4.